The molecule has 0 radical (unpaired) electrons. The normalized spacial score (nSPS) is 9.93. The number of nitrogens with two attached hydrogens (primary N) is 2. The number of rotatable bonds is 4. The van der Waals surface area contributed by atoms with Crippen LogP contribution in [-0.2, 0) is 4.79 Å². The highest BCUT2D eigenvalue weighted by Gasteiger charge is 2.14. The first kappa shape index (κ1) is 11.0. The van der Waals surface area contributed by atoms with Crippen molar-refractivity contribution in [2.45, 2.75) is 0 Å². The van der Waals surface area contributed by atoms with E-state index in [0.717, 1.165) is 4.90 Å². The standard InChI is InChI=1S/C7H11N5O3/c8-5-4(12(3-14)1-2-13)6(15)11-7(9)10-5/h3,13H,1-2H2,(H5,8,9,10,11,15). The third-order valence-corrected chi connectivity index (χ3v) is 1.70. The molecule has 15 heavy (non-hydrogen) atoms. The molecule has 1 rings (SSSR count). The Morgan fingerprint density at radius 2 is 2.20 bits per heavy atom. The molecule has 0 unspecified atom stereocenters. The molecule has 1 heterocycles. The smallest absolute Gasteiger partial charge is 0.278 e. The van der Waals surface area contributed by atoms with Crippen LogP contribution in [0.3, 0.4) is 0 Å². The van der Waals surface area contributed by atoms with Crippen LogP contribution in [0, 0.1) is 0 Å². The van der Waals surface area contributed by atoms with E-state index >= 15 is 0 Å². The second-order valence-corrected chi connectivity index (χ2v) is 2.71. The summed E-state index contributed by atoms with van der Waals surface area (Å²) in [6.45, 7) is -0.329. The van der Waals surface area contributed by atoms with Gasteiger partial charge in [-0.2, -0.15) is 4.98 Å². The van der Waals surface area contributed by atoms with Crippen LogP contribution >= 0.6 is 0 Å². The lowest BCUT2D eigenvalue weighted by molar-refractivity contribution is -0.107. The Morgan fingerprint density at radius 3 is 2.67 bits per heavy atom. The van der Waals surface area contributed by atoms with Crippen molar-refractivity contribution in [2.75, 3.05) is 29.5 Å². The maximum atomic E-state index is 11.4. The second-order valence-electron chi connectivity index (χ2n) is 2.71. The zero-order valence-electron chi connectivity index (χ0n) is 7.80. The lowest BCUT2D eigenvalue weighted by atomic mass is 10.4. The van der Waals surface area contributed by atoms with E-state index in [1.165, 1.54) is 0 Å². The van der Waals surface area contributed by atoms with Crippen molar-refractivity contribution in [3.8, 4) is 0 Å². The van der Waals surface area contributed by atoms with Gasteiger partial charge in [0.25, 0.3) is 5.56 Å². The number of anilines is 3. The van der Waals surface area contributed by atoms with E-state index in [2.05, 4.69) is 9.97 Å². The number of nitrogen functional groups attached to an aromatic ring is 2. The first-order valence-corrected chi connectivity index (χ1v) is 4.08. The number of aliphatic hydroxyl groups excluding tert-OH is 1. The van der Waals surface area contributed by atoms with Crippen LogP contribution in [-0.4, -0.2) is 34.6 Å². The third kappa shape index (κ3) is 2.23. The number of amides is 1. The Bertz CT molecular complexity index is 416. The van der Waals surface area contributed by atoms with Crippen molar-refractivity contribution in [3.05, 3.63) is 10.4 Å². The summed E-state index contributed by atoms with van der Waals surface area (Å²) < 4.78 is 0. The van der Waals surface area contributed by atoms with Gasteiger partial charge < -0.3 is 21.5 Å². The fourth-order valence-corrected chi connectivity index (χ4v) is 1.11. The molecule has 82 valence electrons. The number of hydrogen-bond acceptors (Lipinski definition) is 6. The van der Waals surface area contributed by atoms with Gasteiger partial charge >= 0.3 is 0 Å². The fourth-order valence-electron chi connectivity index (χ4n) is 1.11. The minimum Gasteiger partial charge on any atom is -0.395 e. The maximum Gasteiger partial charge on any atom is 0.278 e. The van der Waals surface area contributed by atoms with Gasteiger partial charge in [0.15, 0.2) is 11.5 Å². The van der Waals surface area contributed by atoms with Crippen LogP contribution in [0.5, 0.6) is 0 Å². The van der Waals surface area contributed by atoms with Crippen molar-refractivity contribution in [1.82, 2.24) is 9.97 Å². The average Bonchev–Trinajstić information content (AvgIpc) is 2.14. The number of carbonyl (C=O) groups is 1. The Balaban J connectivity index is 3.23. The van der Waals surface area contributed by atoms with Gasteiger partial charge in [0.2, 0.25) is 12.4 Å². The van der Waals surface area contributed by atoms with Gasteiger partial charge in [-0.3, -0.25) is 14.6 Å². The molecule has 1 aromatic rings. The highest BCUT2D eigenvalue weighted by atomic mass is 16.3. The summed E-state index contributed by atoms with van der Waals surface area (Å²) in [6, 6.07) is 0. The van der Waals surface area contributed by atoms with E-state index in [-0.39, 0.29) is 30.6 Å². The lowest BCUT2D eigenvalue weighted by Gasteiger charge is -2.15. The van der Waals surface area contributed by atoms with Gasteiger partial charge in [-0.1, -0.05) is 0 Å². The Morgan fingerprint density at radius 1 is 1.53 bits per heavy atom. The number of aromatic amines is 1. The summed E-state index contributed by atoms with van der Waals surface area (Å²) >= 11 is 0. The lowest BCUT2D eigenvalue weighted by Crippen LogP contribution is -2.32. The molecule has 1 amide bonds. The molecule has 0 bridgehead atoms. The number of aliphatic hydroxyl groups is 1. The van der Waals surface area contributed by atoms with E-state index in [0.29, 0.717) is 6.41 Å². The zero-order chi connectivity index (χ0) is 11.4. The number of hydrogen-bond donors (Lipinski definition) is 4. The number of carbonyl (C=O) groups excluding carboxylic acids is 1. The van der Waals surface area contributed by atoms with Gasteiger partial charge in [-0.05, 0) is 0 Å². The Hall–Kier alpha value is -2.09. The van der Waals surface area contributed by atoms with Crippen LogP contribution in [0.4, 0.5) is 17.5 Å². The van der Waals surface area contributed by atoms with Crippen molar-refractivity contribution in [3.63, 3.8) is 0 Å². The average molecular weight is 213 g/mol. The van der Waals surface area contributed by atoms with Crippen LogP contribution in [0.2, 0.25) is 0 Å². The largest absolute Gasteiger partial charge is 0.395 e. The molecular weight excluding hydrogens is 202 g/mol. The first-order chi connectivity index (χ1) is 7.10. The van der Waals surface area contributed by atoms with Crippen LogP contribution in [0.1, 0.15) is 0 Å². The first-order valence-electron chi connectivity index (χ1n) is 4.08. The Labute approximate surface area is 84.5 Å². The van der Waals surface area contributed by atoms with Crippen molar-refractivity contribution in [2.24, 2.45) is 0 Å². The molecule has 0 atom stereocenters. The topological polar surface area (TPSA) is 138 Å². The molecule has 0 aliphatic heterocycles. The number of nitrogens with zero attached hydrogens (tertiary/aromatic N) is 2. The molecular formula is C7H11N5O3. The molecule has 0 saturated heterocycles. The molecule has 0 fully saturated rings. The predicted molar refractivity (Wildman–Crippen MR) is 54.2 cm³/mol. The van der Waals surface area contributed by atoms with Gasteiger partial charge in [-0.25, -0.2) is 0 Å². The van der Waals surface area contributed by atoms with E-state index < -0.39 is 5.56 Å². The van der Waals surface area contributed by atoms with Crippen molar-refractivity contribution < 1.29 is 9.90 Å². The highest BCUT2D eigenvalue weighted by Crippen LogP contribution is 2.13. The van der Waals surface area contributed by atoms with E-state index in [1.807, 2.05) is 0 Å². The van der Waals surface area contributed by atoms with Gasteiger partial charge in [0, 0.05) is 6.54 Å². The van der Waals surface area contributed by atoms with Gasteiger partial charge in [-0.15, -0.1) is 0 Å². The van der Waals surface area contributed by atoms with Gasteiger partial charge in [0.05, 0.1) is 6.61 Å². The molecule has 1 aromatic heterocycles. The van der Waals surface area contributed by atoms with Crippen LogP contribution < -0.4 is 21.9 Å². The van der Waals surface area contributed by atoms with Crippen LogP contribution in [0.15, 0.2) is 4.79 Å². The third-order valence-electron chi connectivity index (χ3n) is 1.70. The van der Waals surface area contributed by atoms with Crippen molar-refractivity contribution >= 4 is 23.9 Å². The minimum absolute atomic E-state index is 0.0393. The van der Waals surface area contributed by atoms with Crippen molar-refractivity contribution in [1.29, 1.82) is 0 Å². The highest BCUT2D eigenvalue weighted by molar-refractivity contribution is 5.80. The maximum absolute atomic E-state index is 11.4. The predicted octanol–water partition coefficient (Wildman–Crippen LogP) is -2.11. The summed E-state index contributed by atoms with van der Waals surface area (Å²) in [5.74, 6) is -0.284. The zero-order valence-corrected chi connectivity index (χ0v) is 7.80. The number of nitrogens with one attached hydrogen (secondary N) is 1. The molecule has 0 aliphatic carbocycles. The molecule has 8 heteroatoms. The quantitative estimate of drug-likeness (QED) is 0.422. The monoisotopic (exact) mass is 213 g/mol. The molecule has 0 aromatic carbocycles. The molecule has 0 saturated carbocycles. The molecule has 6 N–H and O–H groups in total. The summed E-state index contributed by atoms with van der Waals surface area (Å²) in [5.41, 5.74) is 9.93. The Kier molecular flexibility index (Phi) is 3.24. The summed E-state index contributed by atoms with van der Waals surface area (Å²) in [6.07, 6.45) is 0.384. The number of aromatic nitrogens is 2. The van der Waals surface area contributed by atoms with E-state index in [1.54, 1.807) is 0 Å². The number of H-pyrrole nitrogens is 1. The van der Waals surface area contributed by atoms with Crippen LogP contribution in [0.25, 0.3) is 0 Å². The summed E-state index contributed by atoms with van der Waals surface area (Å²) in [5, 5.41) is 8.67. The van der Waals surface area contributed by atoms with Gasteiger partial charge in [0.1, 0.15) is 0 Å². The molecule has 0 spiro atoms. The molecule has 8 nitrogen and oxygen atoms in total. The summed E-state index contributed by atoms with van der Waals surface area (Å²) in [4.78, 5) is 28.8. The summed E-state index contributed by atoms with van der Waals surface area (Å²) in [7, 11) is 0. The minimum atomic E-state index is -0.624. The fraction of sp³-hybridized carbons (Fsp3) is 0.286. The SMILES string of the molecule is Nc1nc(N)c(N(C=O)CCO)c(=O)[nH]1. The van der Waals surface area contributed by atoms with E-state index in [4.69, 9.17) is 16.6 Å². The molecule has 0 aliphatic rings. The second kappa shape index (κ2) is 4.42. The van der Waals surface area contributed by atoms with E-state index in [9.17, 15) is 9.59 Å².